The van der Waals surface area contributed by atoms with Gasteiger partial charge in [-0.1, -0.05) is 6.07 Å². The Kier molecular flexibility index (Phi) is 3.21. The number of aryl methyl sites for hydroxylation is 2. The lowest BCUT2D eigenvalue weighted by Gasteiger charge is -2.17. The number of hydrogen-bond donors (Lipinski definition) is 2. The second-order valence-electron chi connectivity index (χ2n) is 4.05. The predicted octanol–water partition coefficient (Wildman–Crippen LogP) is 1.42. The van der Waals surface area contributed by atoms with Crippen LogP contribution in [0.25, 0.3) is 0 Å². The predicted molar refractivity (Wildman–Crippen MR) is 63.5 cm³/mol. The summed E-state index contributed by atoms with van der Waals surface area (Å²) in [5.74, 6) is 5.29. The Morgan fingerprint density at radius 3 is 2.82 bits per heavy atom. The minimum absolute atomic E-state index is 0.251. The van der Waals surface area contributed by atoms with Crippen molar-refractivity contribution in [3.8, 4) is 0 Å². The zero-order valence-electron chi connectivity index (χ0n) is 9.81. The summed E-state index contributed by atoms with van der Waals surface area (Å²) in [4.78, 5) is 0. The molecule has 0 spiro atoms. The first kappa shape index (κ1) is 11.8. The van der Waals surface area contributed by atoms with Crippen molar-refractivity contribution in [2.75, 3.05) is 0 Å². The third-order valence-corrected chi connectivity index (χ3v) is 2.78. The van der Waals surface area contributed by atoms with Crippen molar-refractivity contribution in [1.29, 1.82) is 0 Å². The molecule has 1 aromatic carbocycles. The highest BCUT2D eigenvalue weighted by Gasteiger charge is 2.16. The third-order valence-electron chi connectivity index (χ3n) is 2.78. The second-order valence-corrected chi connectivity index (χ2v) is 4.05. The average molecular weight is 234 g/mol. The van der Waals surface area contributed by atoms with Crippen LogP contribution in [0, 0.1) is 12.7 Å². The molecule has 17 heavy (non-hydrogen) atoms. The van der Waals surface area contributed by atoms with E-state index in [1.807, 2.05) is 20.2 Å². The molecule has 0 radical (unpaired) electrons. The molecule has 0 fully saturated rings. The SMILES string of the molecule is Cc1ccc(F)cc1C(NN)c1cnn(C)c1. The van der Waals surface area contributed by atoms with E-state index in [4.69, 9.17) is 5.84 Å². The van der Waals surface area contributed by atoms with Crippen LogP contribution >= 0.6 is 0 Å². The number of rotatable bonds is 3. The van der Waals surface area contributed by atoms with Gasteiger partial charge < -0.3 is 0 Å². The van der Waals surface area contributed by atoms with Gasteiger partial charge in [0.2, 0.25) is 0 Å². The highest BCUT2D eigenvalue weighted by Crippen LogP contribution is 2.24. The number of hydrazine groups is 1. The lowest BCUT2D eigenvalue weighted by atomic mass is 9.97. The summed E-state index contributed by atoms with van der Waals surface area (Å²) >= 11 is 0. The average Bonchev–Trinajstić information content (AvgIpc) is 2.71. The fourth-order valence-corrected chi connectivity index (χ4v) is 1.88. The van der Waals surface area contributed by atoms with E-state index in [0.29, 0.717) is 0 Å². The van der Waals surface area contributed by atoms with E-state index in [1.165, 1.54) is 12.1 Å². The largest absolute Gasteiger partial charge is 0.275 e. The van der Waals surface area contributed by atoms with E-state index in [9.17, 15) is 4.39 Å². The Morgan fingerprint density at radius 1 is 1.47 bits per heavy atom. The van der Waals surface area contributed by atoms with Crippen LogP contribution < -0.4 is 11.3 Å². The van der Waals surface area contributed by atoms with Crippen LogP contribution in [-0.4, -0.2) is 9.78 Å². The number of benzene rings is 1. The van der Waals surface area contributed by atoms with Crippen molar-refractivity contribution in [2.45, 2.75) is 13.0 Å². The van der Waals surface area contributed by atoms with E-state index in [2.05, 4.69) is 10.5 Å². The molecule has 0 saturated carbocycles. The van der Waals surface area contributed by atoms with E-state index in [0.717, 1.165) is 16.7 Å². The van der Waals surface area contributed by atoms with Crippen molar-refractivity contribution in [2.24, 2.45) is 12.9 Å². The molecule has 4 nitrogen and oxygen atoms in total. The summed E-state index contributed by atoms with van der Waals surface area (Å²) in [6.45, 7) is 1.93. The van der Waals surface area contributed by atoms with E-state index in [1.54, 1.807) is 16.9 Å². The highest BCUT2D eigenvalue weighted by molar-refractivity contribution is 5.35. The van der Waals surface area contributed by atoms with Crippen LogP contribution in [0.5, 0.6) is 0 Å². The monoisotopic (exact) mass is 234 g/mol. The Balaban J connectivity index is 2.45. The number of aromatic nitrogens is 2. The first-order valence-corrected chi connectivity index (χ1v) is 5.32. The van der Waals surface area contributed by atoms with Gasteiger partial charge in [0.05, 0.1) is 12.2 Å². The normalized spacial score (nSPS) is 12.7. The van der Waals surface area contributed by atoms with Crippen LogP contribution in [0.2, 0.25) is 0 Å². The second kappa shape index (κ2) is 4.65. The highest BCUT2D eigenvalue weighted by atomic mass is 19.1. The Hall–Kier alpha value is -1.72. The molecule has 1 aromatic heterocycles. The topological polar surface area (TPSA) is 55.9 Å². The molecule has 0 amide bonds. The van der Waals surface area contributed by atoms with Gasteiger partial charge in [0.25, 0.3) is 0 Å². The van der Waals surface area contributed by atoms with Gasteiger partial charge in [-0.2, -0.15) is 5.10 Å². The molecule has 1 atom stereocenters. The minimum Gasteiger partial charge on any atom is -0.275 e. The number of nitrogens with two attached hydrogens (primary N) is 1. The van der Waals surface area contributed by atoms with Crippen molar-refractivity contribution in [3.63, 3.8) is 0 Å². The molecular formula is C12H15FN4. The minimum atomic E-state index is -0.269. The maximum atomic E-state index is 13.3. The van der Waals surface area contributed by atoms with Gasteiger partial charge in [0.15, 0.2) is 0 Å². The first-order valence-electron chi connectivity index (χ1n) is 5.32. The number of halogens is 1. The molecule has 2 rings (SSSR count). The first-order chi connectivity index (χ1) is 8.11. The van der Waals surface area contributed by atoms with Gasteiger partial charge in [-0.25, -0.2) is 9.82 Å². The summed E-state index contributed by atoms with van der Waals surface area (Å²) in [6, 6.07) is 4.42. The molecule has 1 unspecified atom stereocenters. The lowest BCUT2D eigenvalue weighted by molar-refractivity contribution is 0.602. The van der Waals surface area contributed by atoms with Crippen molar-refractivity contribution in [1.82, 2.24) is 15.2 Å². The fourth-order valence-electron chi connectivity index (χ4n) is 1.88. The van der Waals surface area contributed by atoms with Crippen molar-refractivity contribution >= 4 is 0 Å². The van der Waals surface area contributed by atoms with Gasteiger partial charge >= 0.3 is 0 Å². The summed E-state index contributed by atoms with van der Waals surface area (Å²) in [6.07, 6.45) is 3.57. The Labute approximate surface area is 99.2 Å². The summed E-state index contributed by atoms with van der Waals surface area (Å²) in [7, 11) is 1.83. The number of nitrogens with zero attached hydrogens (tertiary/aromatic N) is 2. The quantitative estimate of drug-likeness (QED) is 0.624. The molecule has 90 valence electrons. The van der Waals surface area contributed by atoms with Crippen molar-refractivity contribution < 1.29 is 4.39 Å². The third kappa shape index (κ3) is 2.35. The van der Waals surface area contributed by atoms with Gasteiger partial charge in [0, 0.05) is 18.8 Å². The van der Waals surface area contributed by atoms with Gasteiger partial charge in [0.1, 0.15) is 5.82 Å². The molecule has 2 aromatic rings. The van der Waals surface area contributed by atoms with Gasteiger partial charge in [-0.15, -0.1) is 0 Å². The van der Waals surface area contributed by atoms with E-state index < -0.39 is 0 Å². The van der Waals surface area contributed by atoms with Gasteiger partial charge in [-0.3, -0.25) is 10.5 Å². The summed E-state index contributed by atoms with van der Waals surface area (Å²) in [5, 5.41) is 4.09. The van der Waals surface area contributed by atoms with Crippen LogP contribution in [-0.2, 0) is 7.05 Å². The van der Waals surface area contributed by atoms with Gasteiger partial charge in [-0.05, 0) is 30.2 Å². The molecule has 0 aliphatic heterocycles. The maximum absolute atomic E-state index is 13.3. The molecule has 1 heterocycles. The summed E-state index contributed by atoms with van der Waals surface area (Å²) < 4.78 is 15.0. The van der Waals surface area contributed by atoms with Crippen LogP contribution in [0.3, 0.4) is 0 Å². The van der Waals surface area contributed by atoms with Crippen LogP contribution in [0.1, 0.15) is 22.7 Å². The summed E-state index contributed by atoms with van der Waals surface area (Å²) in [5.41, 5.74) is 5.41. The van der Waals surface area contributed by atoms with Crippen LogP contribution in [0.15, 0.2) is 30.6 Å². The zero-order chi connectivity index (χ0) is 12.4. The maximum Gasteiger partial charge on any atom is 0.123 e. The standard InChI is InChI=1S/C12H15FN4/c1-8-3-4-10(13)5-11(8)12(16-14)9-6-15-17(2)7-9/h3-7,12,16H,14H2,1-2H3. The lowest BCUT2D eigenvalue weighted by Crippen LogP contribution is -2.29. The molecule has 5 heteroatoms. The molecule has 0 saturated heterocycles. The van der Waals surface area contributed by atoms with Crippen LogP contribution in [0.4, 0.5) is 4.39 Å². The zero-order valence-corrected chi connectivity index (χ0v) is 9.81. The Bertz CT molecular complexity index is 521. The molecule has 0 bridgehead atoms. The smallest absolute Gasteiger partial charge is 0.123 e. The number of nitrogens with one attached hydrogen (secondary N) is 1. The molecule has 0 aliphatic rings. The van der Waals surface area contributed by atoms with Crippen molar-refractivity contribution in [3.05, 3.63) is 53.1 Å². The fraction of sp³-hybridized carbons (Fsp3) is 0.250. The molecular weight excluding hydrogens is 219 g/mol. The van der Waals surface area contributed by atoms with E-state index in [-0.39, 0.29) is 11.9 Å². The molecule has 0 aliphatic carbocycles. The number of hydrogen-bond acceptors (Lipinski definition) is 3. The van der Waals surface area contributed by atoms with E-state index >= 15 is 0 Å². The Morgan fingerprint density at radius 2 is 2.24 bits per heavy atom. The molecule has 3 N–H and O–H groups in total.